The van der Waals surface area contributed by atoms with Crippen molar-refractivity contribution in [3.63, 3.8) is 0 Å². The van der Waals surface area contributed by atoms with Gasteiger partial charge in [-0.25, -0.2) is 0 Å². The van der Waals surface area contributed by atoms with Gasteiger partial charge in [0, 0.05) is 0 Å². The van der Waals surface area contributed by atoms with Crippen molar-refractivity contribution in [1.29, 1.82) is 0 Å². The van der Waals surface area contributed by atoms with E-state index < -0.39 is 37.5 Å². The molecule has 0 atom stereocenters. The minimum absolute atomic E-state index is 0. The molecular formula is C12H29FN2Nd. The van der Waals surface area contributed by atoms with Gasteiger partial charge in [-0.3, -0.25) is 4.70 Å². The van der Waals surface area contributed by atoms with Gasteiger partial charge in [-0.05, 0) is 0 Å². The van der Waals surface area contributed by atoms with Gasteiger partial charge in [-0.2, -0.15) is 0 Å². The maximum Gasteiger partial charge on any atom is -0.269 e. The van der Waals surface area contributed by atoms with Gasteiger partial charge < -0.3 is 0 Å². The van der Waals surface area contributed by atoms with Crippen LogP contribution in [0.2, 0.25) is 0 Å². The van der Waals surface area contributed by atoms with Crippen LogP contribution in [-0.2, 0) is 0 Å². The molecule has 0 spiro atoms. The van der Waals surface area contributed by atoms with Crippen LogP contribution in [0.15, 0.2) is 0 Å². The average Bonchev–Trinajstić information content (AvgIpc) is 2.19. The number of rotatable bonds is 10. The molecule has 0 radical (unpaired) electrons. The maximum atomic E-state index is 2.78. The molecule has 0 amide bonds. The smallest absolute Gasteiger partial charge is 0.269 e. The quantitative estimate of drug-likeness (QED) is 0.587. The summed E-state index contributed by atoms with van der Waals surface area (Å²) in [6.45, 7) is 14.5. The van der Waals surface area contributed by atoms with Gasteiger partial charge in [-0.1, -0.05) is 0 Å². The summed E-state index contributed by atoms with van der Waals surface area (Å²) in [7, 11) is 0. The molecule has 0 aromatic rings. The Labute approximate surface area is 123 Å². The molecule has 98 valence electrons. The number of hydrogen-bond donors (Lipinski definition) is 0. The fourth-order valence-corrected chi connectivity index (χ4v) is 7.14. The van der Waals surface area contributed by atoms with E-state index in [4.69, 9.17) is 0 Å². The van der Waals surface area contributed by atoms with Crippen molar-refractivity contribution < 1.29 is 42.2 Å². The first-order valence-corrected chi connectivity index (χ1v) is 9.41. The van der Waals surface area contributed by atoms with Crippen molar-refractivity contribution in [3.8, 4) is 0 Å². The molecule has 16 heavy (non-hydrogen) atoms. The topological polar surface area (TPSA) is 6.48 Å². The van der Waals surface area contributed by atoms with Gasteiger partial charge >= 0.3 is 119 Å². The molecule has 2 nitrogen and oxygen atoms in total. The predicted molar refractivity (Wildman–Crippen MR) is 66.8 cm³/mol. The fraction of sp³-hybridized carbons (Fsp3) is 1.00. The summed E-state index contributed by atoms with van der Waals surface area (Å²) < 4.78 is 5.57. The maximum absolute atomic E-state index is 2.78. The Balaban J connectivity index is 0. The molecule has 0 bridgehead atoms. The molecule has 0 N–H and O–H groups in total. The molecule has 0 aromatic heterocycles. The van der Waals surface area contributed by atoms with E-state index in [9.17, 15) is 0 Å². The van der Waals surface area contributed by atoms with E-state index in [1.165, 1.54) is 51.9 Å². The fourth-order valence-electron chi connectivity index (χ4n) is 1.70. The second kappa shape index (κ2) is 14.3. The third-order valence-electron chi connectivity index (χ3n) is 2.26. The standard InChI is InChI=1S/2C6H14N.FH.Nd/c2*1-3-5-7-6-4-2;;/h2*3-6H2,1-2H3;1H;/q2*-1;;+2. The molecule has 0 aliphatic heterocycles. The third kappa shape index (κ3) is 10.4. The Hall–Kier alpha value is 1.20. The van der Waals surface area contributed by atoms with E-state index in [0.717, 1.165) is 0 Å². The van der Waals surface area contributed by atoms with Gasteiger partial charge in [0.05, 0.1) is 0 Å². The van der Waals surface area contributed by atoms with Crippen LogP contribution in [0.5, 0.6) is 0 Å². The van der Waals surface area contributed by atoms with Crippen molar-refractivity contribution in [2.75, 3.05) is 26.2 Å². The van der Waals surface area contributed by atoms with Gasteiger partial charge in [0.2, 0.25) is 0 Å². The first kappa shape index (κ1) is 19.5. The Kier molecular flexibility index (Phi) is 17.4. The predicted octanol–water partition coefficient (Wildman–Crippen LogP) is 3.30. The van der Waals surface area contributed by atoms with Crippen molar-refractivity contribution in [1.82, 2.24) is 1.97 Å². The summed E-state index contributed by atoms with van der Waals surface area (Å²) in [5, 5.41) is 0. The van der Waals surface area contributed by atoms with E-state index in [0.29, 0.717) is 0 Å². The van der Waals surface area contributed by atoms with E-state index in [1.807, 2.05) is 0 Å². The summed E-state index contributed by atoms with van der Waals surface area (Å²) in [5.41, 5.74) is 0. The van der Waals surface area contributed by atoms with Crippen LogP contribution >= 0.6 is 0 Å². The largest absolute Gasteiger partial charge is 0.269 e. The number of hydrogen-bond acceptors (Lipinski definition) is 2. The zero-order valence-electron chi connectivity index (χ0n) is 11.5. The molecule has 0 aliphatic carbocycles. The van der Waals surface area contributed by atoms with Crippen LogP contribution in [0.25, 0.3) is 0 Å². The average molecular weight is 365 g/mol. The normalized spacial score (nSPS) is 10.6. The molecule has 0 saturated carbocycles. The zero-order valence-corrected chi connectivity index (χ0v) is 14.7. The Bertz CT molecular complexity index is 110. The second-order valence-electron chi connectivity index (χ2n) is 4.07. The van der Waals surface area contributed by atoms with Crippen LogP contribution in [0.4, 0.5) is 4.70 Å². The van der Waals surface area contributed by atoms with Gasteiger partial charge in [-0.15, -0.1) is 0 Å². The van der Waals surface area contributed by atoms with Gasteiger partial charge in [0.1, 0.15) is 0 Å². The molecule has 4 heteroatoms. The molecule has 0 aromatic carbocycles. The first-order valence-electron chi connectivity index (χ1n) is 6.54. The summed E-state index contributed by atoms with van der Waals surface area (Å²) in [6.07, 6.45) is 5.27. The SMILES string of the molecule is CCC[N](CCC)[Nd][N](CCC)CCC.F. The van der Waals surface area contributed by atoms with Crippen LogP contribution in [0, 0.1) is 37.5 Å². The molecular weight excluding hydrogens is 335 g/mol. The van der Waals surface area contributed by atoms with Crippen LogP contribution in [0.3, 0.4) is 0 Å². The second-order valence-corrected chi connectivity index (χ2v) is 8.77. The Morgan fingerprint density at radius 1 is 0.625 bits per heavy atom. The summed E-state index contributed by atoms with van der Waals surface area (Å²) in [6, 6.07) is 0. The summed E-state index contributed by atoms with van der Waals surface area (Å²) in [5.74, 6) is 0. The minimum Gasteiger partial charge on any atom is -0.269 e. The zero-order chi connectivity index (χ0) is 11.5. The molecule has 0 heterocycles. The van der Waals surface area contributed by atoms with Gasteiger partial charge in [0.15, 0.2) is 0 Å². The van der Waals surface area contributed by atoms with Gasteiger partial charge in [0.25, 0.3) is 0 Å². The van der Waals surface area contributed by atoms with E-state index in [-0.39, 0.29) is 4.70 Å². The number of nitrogens with zero attached hydrogens (tertiary/aromatic N) is 2. The van der Waals surface area contributed by atoms with Crippen molar-refractivity contribution in [2.45, 2.75) is 53.4 Å². The Morgan fingerprint density at radius 2 is 0.875 bits per heavy atom. The minimum atomic E-state index is -0.661. The van der Waals surface area contributed by atoms with Crippen molar-refractivity contribution in [2.24, 2.45) is 0 Å². The molecule has 0 unspecified atom stereocenters. The van der Waals surface area contributed by atoms with E-state index in [1.54, 1.807) is 0 Å². The van der Waals surface area contributed by atoms with Crippen LogP contribution in [-0.4, -0.2) is 28.1 Å². The van der Waals surface area contributed by atoms with Crippen LogP contribution < -0.4 is 0 Å². The van der Waals surface area contributed by atoms with Crippen LogP contribution in [0.1, 0.15) is 53.4 Å². The number of halogens is 1. The summed E-state index contributed by atoms with van der Waals surface area (Å²) >= 11 is -0.661. The van der Waals surface area contributed by atoms with E-state index >= 15 is 0 Å². The Morgan fingerprint density at radius 3 is 1.06 bits per heavy atom. The molecule has 0 saturated heterocycles. The third-order valence-corrected chi connectivity index (χ3v) is 6.94. The molecule has 0 rings (SSSR count). The first-order chi connectivity index (χ1) is 7.28. The molecule has 0 fully saturated rings. The van der Waals surface area contributed by atoms with E-state index in [2.05, 4.69) is 29.7 Å². The summed E-state index contributed by atoms with van der Waals surface area (Å²) in [4.78, 5) is 0. The van der Waals surface area contributed by atoms with Crippen molar-refractivity contribution in [3.05, 3.63) is 0 Å². The van der Waals surface area contributed by atoms with Crippen molar-refractivity contribution >= 4 is 0 Å². The molecule has 0 aliphatic rings. The monoisotopic (exact) mass is 362 g/mol.